The maximum absolute atomic E-state index is 13.6. The van der Waals surface area contributed by atoms with E-state index in [9.17, 15) is 4.39 Å². The Morgan fingerprint density at radius 1 is 1.13 bits per heavy atom. The van der Waals surface area contributed by atoms with Gasteiger partial charge in [0.15, 0.2) is 11.5 Å². The quantitative estimate of drug-likeness (QED) is 0.472. The summed E-state index contributed by atoms with van der Waals surface area (Å²) >= 11 is 0. The number of likely N-dealkylation sites (tertiary alicyclic amines) is 1. The van der Waals surface area contributed by atoms with Crippen molar-refractivity contribution in [1.82, 2.24) is 29.3 Å². The van der Waals surface area contributed by atoms with Gasteiger partial charge in [0, 0.05) is 48.6 Å². The van der Waals surface area contributed by atoms with Crippen LogP contribution in [0.3, 0.4) is 0 Å². The van der Waals surface area contributed by atoms with Crippen LogP contribution in [0.1, 0.15) is 50.0 Å². The van der Waals surface area contributed by atoms with Crippen LogP contribution in [0.15, 0.2) is 55.0 Å². The van der Waals surface area contributed by atoms with E-state index in [-0.39, 0.29) is 5.82 Å². The summed E-state index contributed by atoms with van der Waals surface area (Å²) in [6.45, 7) is 7.21. The highest BCUT2D eigenvalue weighted by Gasteiger charge is 2.25. The third-order valence-electron chi connectivity index (χ3n) is 5.97. The predicted molar refractivity (Wildman–Crippen MR) is 118 cm³/mol. The topological polar surface area (TPSA) is 51.2 Å². The summed E-state index contributed by atoms with van der Waals surface area (Å²) in [7, 11) is 0. The van der Waals surface area contributed by atoms with Crippen LogP contribution in [0.4, 0.5) is 4.39 Å². The Bertz CT molecular complexity index is 1190. The Hall–Kier alpha value is -3.06. The monoisotopic (exact) mass is 418 g/mol. The fourth-order valence-electron chi connectivity index (χ4n) is 4.32. The van der Waals surface area contributed by atoms with Crippen molar-refractivity contribution in [3.8, 4) is 11.1 Å². The molecule has 1 aliphatic heterocycles. The molecule has 1 aromatic carbocycles. The first-order valence-electron chi connectivity index (χ1n) is 10.9. The molecule has 7 heteroatoms. The van der Waals surface area contributed by atoms with Crippen molar-refractivity contribution in [1.29, 1.82) is 0 Å². The van der Waals surface area contributed by atoms with Crippen LogP contribution in [0.2, 0.25) is 0 Å². The van der Waals surface area contributed by atoms with Crippen molar-refractivity contribution in [2.24, 2.45) is 0 Å². The summed E-state index contributed by atoms with van der Waals surface area (Å²) in [6, 6.07) is 10.9. The number of rotatable bonds is 5. The number of hydrogen-bond donors (Lipinski definition) is 0. The fraction of sp³-hybridized carbons (Fsp3) is 0.375. The van der Waals surface area contributed by atoms with Gasteiger partial charge >= 0.3 is 0 Å². The highest BCUT2D eigenvalue weighted by molar-refractivity contribution is 5.64. The lowest BCUT2D eigenvalue weighted by molar-refractivity contribution is 0.196. The lowest BCUT2D eigenvalue weighted by Crippen LogP contribution is -2.34. The molecule has 0 spiro atoms. The van der Waals surface area contributed by atoms with Crippen LogP contribution in [-0.4, -0.2) is 42.4 Å². The highest BCUT2D eigenvalue weighted by Crippen LogP contribution is 2.27. The number of pyridine rings is 1. The molecule has 6 nitrogen and oxygen atoms in total. The zero-order chi connectivity index (χ0) is 21.4. The molecule has 0 unspecified atom stereocenters. The molecule has 0 bridgehead atoms. The van der Waals surface area contributed by atoms with E-state index in [0.717, 1.165) is 55.1 Å². The molecule has 1 saturated heterocycles. The summed E-state index contributed by atoms with van der Waals surface area (Å²) < 4.78 is 17.4. The first-order valence-corrected chi connectivity index (χ1v) is 10.9. The molecular formula is C24H27FN6. The van der Waals surface area contributed by atoms with E-state index < -0.39 is 0 Å². The number of nitrogens with zero attached hydrogens (tertiary/aromatic N) is 6. The van der Waals surface area contributed by atoms with E-state index in [1.807, 2.05) is 39.8 Å². The standard InChI is InChI=1S/C24H27FN6/c1-17(2)30-14-18(12-26-30)13-29-10-4-6-21(15-29)24-27-23-9-8-20(16-31(23)28-24)19-5-3-7-22(25)11-19/h3,5,7-9,11-12,14,16-17,21H,4,6,10,13,15H2,1-2H3/t21-/m1/s1. The van der Waals surface area contributed by atoms with Gasteiger partial charge in [0.2, 0.25) is 0 Å². The lowest BCUT2D eigenvalue weighted by Gasteiger charge is -2.30. The first-order chi connectivity index (χ1) is 15.0. The van der Waals surface area contributed by atoms with Crippen LogP contribution in [0.25, 0.3) is 16.8 Å². The van der Waals surface area contributed by atoms with E-state index in [1.54, 1.807) is 12.1 Å². The number of hydrogen-bond acceptors (Lipinski definition) is 4. The summed E-state index contributed by atoms with van der Waals surface area (Å²) in [4.78, 5) is 7.26. The van der Waals surface area contributed by atoms with Gasteiger partial charge in [-0.15, -0.1) is 0 Å². The van der Waals surface area contributed by atoms with Gasteiger partial charge in [-0.1, -0.05) is 12.1 Å². The van der Waals surface area contributed by atoms with E-state index >= 15 is 0 Å². The zero-order valence-electron chi connectivity index (χ0n) is 17.9. The molecule has 4 heterocycles. The third kappa shape index (κ3) is 4.23. The Morgan fingerprint density at radius 2 is 2.03 bits per heavy atom. The highest BCUT2D eigenvalue weighted by atomic mass is 19.1. The first kappa shape index (κ1) is 19.9. The molecule has 0 aliphatic carbocycles. The Kier molecular flexibility index (Phi) is 5.28. The van der Waals surface area contributed by atoms with Gasteiger partial charge in [-0.05, 0) is 63.1 Å². The second-order valence-corrected chi connectivity index (χ2v) is 8.70. The van der Waals surface area contributed by atoms with Gasteiger partial charge in [0.25, 0.3) is 0 Å². The molecule has 5 rings (SSSR count). The van der Waals surface area contributed by atoms with Crippen molar-refractivity contribution in [2.45, 2.75) is 45.2 Å². The van der Waals surface area contributed by atoms with Gasteiger partial charge < -0.3 is 0 Å². The molecule has 4 aromatic rings. The van der Waals surface area contributed by atoms with E-state index in [1.165, 1.54) is 11.6 Å². The van der Waals surface area contributed by atoms with Crippen molar-refractivity contribution in [3.05, 3.63) is 72.2 Å². The number of piperidine rings is 1. The molecule has 0 N–H and O–H groups in total. The smallest absolute Gasteiger partial charge is 0.156 e. The minimum atomic E-state index is -0.238. The average molecular weight is 419 g/mol. The van der Waals surface area contributed by atoms with E-state index in [2.05, 4.69) is 30.0 Å². The molecule has 3 aromatic heterocycles. The van der Waals surface area contributed by atoms with Gasteiger partial charge in [0.1, 0.15) is 5.82 Å². The molecule has 0 amide bonds. The van der Waals surface area contributed by atoms with Crippen molar-refractivity contribution < 1.29 is 4.39 Å². The van der Waals surface area contributed by atoms with Crippen LogP contribution in [-0.2, 0) is 6.54 Å². The molecule has 31 heavy (non-hydrogen) atoms. The van der Waals surface area contributed by atoms with Crippen LogP contribution in [0, 0.1) is 5.82 Å². The number of aromatic nitrogens is 5. The third-order valence-corrected chi connectivity index (χ3v) is 5.97. The Labute approximate surface area is 181 Å². The number of fused-ring (bicyclic) bond motifs is 1. The van der Waals surface area contributed by atoms with Gasteiger partial charge in [-0.3, -0.25) is 9.58 Å². The van der Waals surface area contributed by atoms with Gasteiger partial charge in [0.05, 0.1) is 6.20 Å². The van der Waals surface area contributed by atoms with Crippen LogP contribution < -0.4 is 0 Å². The Morgan fingerprint density at radius 3 is 2.84 bits per heavy atom. The van der Waals surface area contributed by atoms with Crippen molar-refractivity contribution >= 4 is 5.65 Å². The zero-order valence-corrected chi connectivity index (χ0v) is 17.9. The van der Waals surface area contributed by atoms with Gasteiger partial charge in [-0.25, -0.2) is 13.9 Å². The van der Waals surface area contributed by atoms with E-state index in [4.69, 9.17) is 10.1 Å². The minimum Gasteiger partial charge on any atom is -0.298 e. The summed E-state index contributed by atoms with van der Waals surface area (Å²) in [6.07, 6.45) is 8.27. The van der Waals surface area contributed by atoms with Crippen LogP contribution in [0.5, 0.6) is 0 Å². The molecular weight excluding hydrogens is 391 g/mol. The predicted octanol–water partition coefficient (Wildman–Crippen LogP) is 4.69. The maximum Gasteiger partial charge on any atom is 0.156 e. The van der Waals surface area contributed by atoms with Crippen molar-refractivity contribution in [3.63, 3.8) is 0 Å². The SMILES string of the molecule is CC(C)n1cc(CN2CCC[C@@H](c3nc4ccc(-c5cccc(F)c5)cn4n3)C2)cn1. The van der Waals surface area contributed by atoms with Gasteiger partial charge in [-0.2, -0.15) is 10.2 Å². The largest absolute Gasteiger partial charge is 0.298 e. The molecule has 160 valence electrons. The lowest BCUT2D eigenvalue weighted by atomic mass is 9.97. The normalized spacial score (nSPS) is 17.6. The molecule has 1 fully saturated rings. The van der Waals surface area contributed by atoms with Crippen LogP contribution >= 0.6 is 0 Å². The summed E-state index contributed by atoms with van der Waals surface area (Å²) in [5.41, 5.74) is 3.84. The fourth-order valence-corrected chi connectivity index (χ4v) is 4.32. The maximum atomic E-state index is 13.6. The van der Waals surface area contributed by atoms with Crippen molar-refractivity contribution in [2.75, 3.05) is 13.1 Å². The second-order valence-electron chi connectivity index (χ2n) is 8.70. The summed E-state index contributed by atoms with van der Waals surface area (Å²) in [5, 5.41) is 9.25. The molecule has 1 atom stereocenters. The number of halogens is 1. The molecule has 0 radical (unpaired) electrons. The minimum absolute atomic E-state index is 0.238. The summed E-state index contributed by atoms with van der Waals surface area (Å²) in [5.74, 6) is 0.962. The number of benzene rings is 1. The average Bonchev–Trinajstić information content (AvgIpc) is 3.40. The Balaban J connectivity index is 1.33. The molecule has 0 saturated carbocycles. The molecule has 1 aliphatic rings. The van der Waals surface area contributed by atoms with E-state index in [0.29, 0.717) is 12.0 Å². The second kappa shape index (κ2) is 8.23.